The number of carbonyl (C=O) groups excluding carboxylic acids is 1. The number of ether oxygens (including phenoxy) is 2. The smallest absolute Gasteiger partial charge is 0.252 e. The van der Waals surface area contributed by atoms with Gasteiger partial charge in [0.05, 0.1) is 19.3 Å². The normalized spacial score (nSPS) is 25.6. The van der Waals surface area contributed by atoms with E-state index in [-0.39, 0.29) is 18.1 Å². The molecule has 2 aliphatic rings. The van der Waals surface area contributed by atoms with E-state index in [0.717, 1.165) is 24.2 Å². The Kier molecular flexibility index (Phi) is 3.14. The first-order valence-corrected chi connectivity index (χ1v) is 6.46. The van der Waals surface area contributed by atoms with Gasteiger partial charge in [0.1, 0.15) is 5.75 Å². The summed E-state index contributed by atoms with van der Waals surface area (Å²) in [5, 5.41) is 3.65. The Balaban J connectivity index is 1.83. The minimum Gasteiger partial charge on any atom is -0.493 e. The molecule has 0 radical (unpaired) electrons. The number of benzene rings is 1. The van der Waals surface area contributed by atoms with E-state index in [1.807, 2.05) is 12.1 Å². The van der Waals surface area contributed by atoms with Crippen LogP contribution in [0.1, 0.15) is 24.4 Å². The summed E-state index contributed by atoms with van der Waals surface area (Å²) in [6.07, 6.45) is 1.51. The van der Waals surface area contributed by atoms with Crippen LogP contribution in [0.2, 0.25) is 5.02 Å². The Bertz CT molecular complexity index is 473. The highest BCUT2D eigenvalue weighted by molar-refractivity contribution is 6.30. The second-order valence-electron chi connectivity index (χ2n) is 4.56. The number of hydrogen-bond acceptors (Lipinski definition) is 3. The molecule has 2 heterocycles. The van der Waals surface area contributed by atoms with Crippen molar-refractivity contribution < 1.29 is 14.3 Å². The monoisotopic (exact) mass is 267 g/mol. The molecule has 2 unspecified atom stereocenters. The van der Waals surface area contributed by atoms with Crippen molar-refractivity contribution in [3.63, 3.8) is 0 Å². The quantitative estimate of drug-likeness (QED) is 0.835. The summed E-state index contributed by atoms with van der Waals surface area (Å²) in [5.74, 6) is 0.727. The summed E-state index contributed by atoms with van der Waals surface area (Å²) in [6, 6.07) is 5.52. The average molecular weight is 268 g/mol. The molecule has 1 amide bonds. The van der Waals surface area contributed by atoms with Crippen LogP contribution in [0.3, 0.4) is 0 Å². The van der Waals surface area contributed by atoms with Gasteiger partial charge in [0.25, 0.3) is 5.91 Å². The van der Waals surface area contributed by atoms with Gasteiger partial charge >= 0.3 is 0 Å². The summed E-state index contributed by atoms with van der Waals surface area (Å²) in [4.78, 5) is 11.8. The van der Waals surface area contributed by atoms with Crippen molar-refractivity contribution in [1.29, 1.82) is 0 Å². The van der Waals surface area contributed by atoms with E-state index in [1.165, 1.54) is 0 Å². The maximum Gasteiger partial charge on any atom is 0.252 e. The second kappa shape index (κ2) is 4.78. The number of hydrogen-bond donors (Lipinski definition) is 1. The third-order valence-electron chi connectivity index (χ3n) is 3.19. The van der Waals surface area contributed by atoms with Gasteiger partial charge in [-0.1, -0.05) is 17.7 Å². The first-order chi connectivity index (χ1) is 8.74. The van der Waals surface area contributed by atoms with Gasteiger partial charge in [0.15, 0.2) is 6.10 Å². The standard InChI is InChI=1S/C13H14ClNO3/c14-8-3-4-9-10(15-13(16)12-7-18-12)2-1-5-17-11(9)6-8/h3-4,6,10,12H,1-2,5,7H2,(H,15,16). The minimum atomic E-state index is -0.259. The summed E-state index contributed by atoms with van der Waals surface area (Å²) in [6.45, 7) is 1.18. The first kappa shape index (κ1) is 11.8. The molecule has 3 rings (SSSR count). The zero-order valence-electron chi connectivity index (χ0n) is 9.82. The van der Waals surface area contributed by atoms with Crippen LogP contribution >= 0.6 is 11.6 Å². The fourth-order valence-corrected chi connectivity index (χ4v) is 2.32. The van der Waals surface area contributed by atoms with E-state index in [1.54, 1.807) is 6.07 Å². The average Bonchev–Trinajstić information content (AvgIpc) is 3.16. The van der Waals surface area contributed by atoms with E-state index in [4.69, 9.17) is 21.1 Å². The van der Waals surface area contributed by atoms with Gasteiger partial charge in [-0.3, -0.25) is 4.79 Å². The highest BCUT2D eigenvalue weighted by atomic mass is 35.5. The van der Waals surface area contributed by atoms with Crippen LogP contribution in [-0.4, -0.2) is 25.2 Å². The molecule has 96 valence electrons. The molecule has 0 saturated carbocycles. The van der Waals surface area contributed by atoms with Crippen LogP contribution in [0.4, 0.5) is 0 Å². The molecule has 1 aromatic rings. The number of rotatable bonds is 2. The molecular weight excluding hydrogens is 254 g/mol. The molecule has 2 aliphatic heterocycles. The van der Waals surface area contributed by atoms with Crippen LogP contribution in [0, 0.1) is 0 Å². The number of fused-ring (bicyclic) bond motifs is 1. The topological polar surface area (TPSA) is 50.9 Å². The molecule has 0 bridgehead atoms. The molecule has 1 fully saturated rings. The molecule has 1 N–H and O–H groups in total. The lowest BCUT2D eigenvalue weighted by molar-refractivity contribution is -0.123. The molecule has 1 aromatic carbocycles. The third-order valence-corrected chi connectivity index (χ3v) is 3.42. The van der Waals surface area contributed by atoms with Crippen molar-refractivity contribution >= 4 is 17.5 Å². The van der Waals surface area contributed by atoms with Gasteiger partial charge < -0.3 is 14.8 Å². The van der Waals surface area contributed by atoms with Gasteiger partial charge in [-0.05, 0) is 25.0 Å². The number of carbonyl (C=O) groups is 1. The molecule has 18 heavy (non-hydrogen) atoms. The van der Waals surface area contributed by atoms with Gasteiger partial charge in [-0.2, -0.15) is 0 Å². The van der Waals surface area contributed by atoms with Crippen LogP contribution in [-0.2, 0) is 9.53 Å². The van der Waals surface area contributed by atoms with Crippen LogP contribution < -0.4 is 10.1 Å². The van der Waals surface area contributed by atoms with Crippen LogP contribution in [0.25, 0.3) is 0 Å². The lowest BCUT2D eigenvalue weighted by Crippen LogP contribution is -2.31. The molecule has 0 aliphatic carbocycles. The van der Waals surface area contributed by atoms with E-state index in [2.05, 4.69) is 5.32 Å². The largest absolute Gasteiger partial charge is 0.493 e. The summed E-state index contributed by atoms with van der Waals surface area (Å²) in [7, 11) is 0. The first-order valence-electron chi connectivity index (χ1n) is 6.08. The Morgan fingerprint density at radius 2 is 2.28 bits per heavy atom. The van der Waals surface area contributed by atoms with E-state index < -0.39 is 0 Å². The Labute approximate surface area is 110 Å². The van der Waals surface area contributed by atoms with E-state index in [0.29, 0.717) is 18.2 Å². The van der Waals surface area contributed by atoms with Crippen molar-refractivity contribution in [3.8, 4) is 5.75 Å². The predicted octanol–water partition coefficient (Wildman–Crippen LogP) is 2.07. The van der Waals surface area contributed by atoms with E-state index >= 15 is 0 Å². The molecule has 2 atom stereocenters. The Morgan fingerprint density at radius 1 is 1.44 bits per heavy atom. The molecular formula is C13H14ClNO3. The molecule has 0 aromatic heterocycles. The number of nitrogens with one attached hydrogen (secondary N) is 1. The zero-order chi connectivity index (χ0) is 12.5. The zero-order valence-corrected chi connectivity index (χ0v) is 10.6. The predicted molar refractivity (Wildman–Crippen MR) is 66.8 cm³/mol. The third kappa shape index (κ3) is 2.44. The SMILES string of the molecule is O=C(NC1CCCOc2cc(Cl)ccc21)C1CO1. The second-order valence-corrected chi connectivity index (χ2v) is 4.99. The van der Waals surface area contributed by atoms with Gasteiger partial charge in [-0.25, -0.2) is 0 Å². The molecule has 5 heteroatoms. The number of amides is 1. The minimum absolute atomic E-state index is 0.0172. The summed E-state index contributed by atoms with van der Waals surface area (Å²) >= 11 is 5.96. The van der Waals surface area contributed by atoms with Crippen molar-refractivity contribution in [1.82, 2.24) is 5.32 Å². The van der Waals surface area contributed by atoms with Gasteiger partial charge in [0, 0.05) is 10.6 Å². The highest BCUT2D eigenvalue weighted by Crippen LogP contribution is 2.33. The lowest BCUT2D eigenvalue weighted by Gasteiger charge is -2.18. The number of epoxide rings is 1. The highest BCUT2D eigenvalue weighted by Gasteiger charge is 2.33. The van der Waals surface area contributed by atoms with Crippen molar-refractivity contribution in [2.24, 2.45) is 0 Å². The van der Waals surface area contributed by atoms with E-state index in [9.17, 15) is 4.79 Å². The van der Waals surface area contributed by atoms with Gasteiger partial charge in [0.2, 0.25) is 0 Å². The van der Waals surface area contributed by atoms with Gasteiger partial charge in [-0.15, -0.1) is 0 Å². The lowest BCUT2D eigenvalue weighted by atomic mass is 10.0. The summed E-state index contributed by atoms with van der Waals surface area (Å²) < 4.78 is 10.6. The fourth-order valence-electron chi connectivity index (χ4n) is 2.16. The van der Waals surface area contributed by atoms with Crippen molar-refractivity contribution in [2.75, 3.05) is 13.2 Å². The Morgan fingerprint density at radius 3 is 3.06 bits per heavy atom. The fraction of sp³-hybridized carbons (Fsp3) is 0.462. The summed E-state index contributed by atoms with van der Waals surface area (Å²) in [5.41, 5.74) is 0.992. The Hall–Kier alpha value is -1.26. The van der Waals surface area contributed by atoms with Crippen molar-refractivity contribution in [2.45, 2.75) is 25.0 Å². The maximum atomic E-state index is 11.8. The molecule has 4 nitrogen and oxygen atoms in total. The van der Waals surface area contributed by atoms with Crippen LogP contribution in [0.5, 0.6) is 5.75 Å². The maximum absolute atomic E-state index is 11.8. The van der Waals surface area contributed by atoms with Crippen LogP contribution in [0.15, 0.2) is 18.2 Å². The number of halogens is 1. The van der Waals surface area contributed by atoms with Crippen molar-refractivity contribution in [3.05, 3.63) is 28.8 Å². The molecule has 0 spiro atoms. The molecule has 1 saturated heterocycles.